The molecule has 3 fully saturated rings. The minimum atomic E-state index is -1.86. The summed E-state index contributed by atoms with van der Waals surface area (Å²) in [6, 6.07) is 0. The van der Waals surface area contributed by atoms with Crippen molar-refractivity contribution >= 4 is 11.9 Å². The smallest absolute Gasteiger partial charge is 0.190 e. The molecule has 4 aliphatic rings. The number of fused-ring (bicyclic) bond motifs is 6. The molecule has 0 radical (unpaired) electrons. The fourth-order valence-corrected chi connectivity index (χ4v) is 8.02. The number of carbonyl (C=O) groups is 1. The summed E-state index contributed by atoms with van der Waals surface area (Å²) in [6.45, 7) is 4.77. The number of hydrogen-bond donors (Lipinski definition) is 4. The first-order valence-electron chi connectivity index (χ1n) is 11.0. The number of allylic oxidation sites excluding steroid dienone is 1. The Balaban J connectivity index is 1.62. The van der Waals surface area contributed by atoms with Crippen LogP contribution in [-0.4, -0.2) is 55.3 Å². The lowest BCUT2D eigenvalue weighted by Gasteiger charge is -2.63. The van der Waals surface area contributed by atoms with E-state index in [4.69, 9.17) is 0 Å². The highest BCUT2D eigenvalue weighted by molar-refractivity contribution is 5.90. The number of H-pyrrole nitrogens is 1. The second kappa shape index (κ2) is 6.02. The van der Waals surface area contributed by atoms with E-state index in [1.165, 1.54) is 0 Å². The molecule has 5 rings (SSSR count). The lowest BCUT2D eigenvalue weighted by atomic mass is 9.43. The van der Waals surface area contributed by atoms with Crippen molar-refractivity contribution in [2.75, 3.05) is 6.61 Å². The summed E-state index contributed by atoms with van der Waals surface area (Å²) in [5.74, 6) is -1.74. The van der Waals surface area contributed by atoms with Gasteiger partial charge in [-0.2, -0.15) is 5.10 Å². The van der Waals surface area contributed by atoms with Gasteiger partial charge < -0.3 is 15.3 Å². The minimum absolute atomic E-state index is 0.00163. The van der Waals surface area contributed by atoms with Crippen LogP contribution in [0.2, 0.25) is 0 Å². The molecule has 1 heterocycles. The van der Waals surface area contributed by atoms with Crippen molar-refractivity contribution in [1.82, 2.24) is 10.2 Å². The number of hydrogen-bond acceptors (Lipinski definition) is 5. The van der Waals surface area contributed by atoms with Crippen molar-refractivity contribution in [3.05, 3.63) is 23.0 Å². The third kappa shape index (κ3) is 2.04. The molecule has 164 valence electrons. The number of nitrogens with zero attached hydrogens (tertiary/aromatic N) is 1. The van der Waals surface area contributed by atoms with Crippen molar-refractivity contribution in [1.29, 1.82) is 0 Å². The van der Waals surface area contributed by atoms with E-state index in [1.54, 1.807) is 20.0 Å². The lowest BCUT2D eigenvalue weighted by molar-refractivity contribution is -0.226. The molecule has 4 aliphatic carbocycles. The topological polar surface area (TPSA) is 106 Å². The number of aromatic nitrogens is 2. The molecule has 0 aliphatic heterocycles. The number of aromatic amines is 1. The van der Waals surface area contributed by atoms with Crippen molar-refractivity contribution in [2.45, 2.75) is 70.2 Å². The van der Waals surface area contributed by atoms with Gasteiger partial charge in [-0.1, -0.05) is 26.3 Å². The molecule has 0 aromatic carbocycles. The summed E-state index contributed by atoms with van der Waals surface area (Å²) in [5, 5.41) is 39.5. The maximum Gasteiger partial charge on any atom is 0.190 e. The zero-order valence-electron chi connectivity index (χ0n) is 17.8. The Kier molecular flexibility index (Phi) is 4.08. The first kappa shape index (κ1) is 20.3. The Labute approximate surface area is 175 Å². The number of Topliss-reactive ketones (excluding diaryl/α,β-unsaturated/α-hetero) is 1. The van der Waals surface area contributed by atoms with E-state index >= 15 is 4.39 Å². The maximum atomic E-state index is 17.3. The van der Waals surface area contributed by atoms with Gasteiger partial charge >= 0.3 is 0 Å². The van der Waals surface area contributed by atoms with Crippen LogP contribution in [-0.2, 0) is 11.2 Å². The van der Waals surface area contributed by atoms with E-state index in [2.05, 4.69) is 10.2 Å². The van der Waals surface area contributed by atoms with Crippen molar-refractivity contribution in [3.8, 4) is 0 Å². The van der Waals surface area contributed by atoms with Crippen LogP contribution in [0.3, 0.4) is 0 Å². The third-order valence-electron chi connectivity index (χ3n) is 9.60. The predicted molar refractivity (Wildman–Crippen MR) is 108 cm³/mol. The molecular formula is C23H31FN2O4. The molecule has 1 aromatic heterocycles. The fourth-order valence-electron chi connectivity index (χ4n) is 8.02. The molecule has 0 bridgehead atoms. The molecule has 4 N–H and O–H groups in total. The van der Waals surface area contributed by atoms with E-state index in [0.717, 1.165) is 16.8 Å². The number of carbonyl (C=O) groups excluding carboxylic acids is 1. The normalized spacial score (nSPS) is 49.5. The van der Waals surface area contributed by atoms with Crippen molar-refractivity contribution in [2.24, 2.45) is 28.6 Å². The van der Waals surface area contributed by atoms with Gasteiger partial charge in [0.25, 0.3) is 0 Å². The van der Waals surface area contributed by atoms with E-state index in [9.17, 15) is 20.1 Å². The Morgan fingerprint density at radius 1 is 1.37 bits per heavy atom. The molecule has 0 amide bonds. The van der Waals surface area contributed by atoms with Gasteiger partial charge in [-0.15, -0.1) is 0 Å². The zero-order chi connectivity index (χ0) is 21.7. The van der Waals surface area contributed by atoms with Crippen LogP contribution >= 0.6 is 0 Å². The molecule has 0 spiro atoms. The first-order valence-corrected chi connectivity index (χ1v) is 11.0. The van der Waals surface area contributed by atoms with E-state index in [0.29, 0.717) is 25.7 Å². The van der Waals surface area contributed by atoms with Crippen LogP contribution in [0.1, 0.15) is 57.7 Å². The SMILES string of the molecule is CC1CC2C3CCC4=Cc5[nH]ncc5CC4(C)C3(F)C(O)CC2(C)C1(O)C(=O)CO. The Bertz CT molecular complexity index is 945. The maximum absolute atomic E-state index is 17.3. The monoisotopic (exact) mass is 418 g/mol. The zero-order valence-corrected chi connectivity index (χ0v) is 17.8. The second-order valence-corrected chi connectivity index (χ2v) is 10.6. The van der Waals surface area contributed by atoms with Gasteiger partial charge in [-0.05, 0) is 55.6 Å². The average molecular weight is 419 g/mol. The summed E-state index contributed by atoms with van der Waals surface area (Å²) in [6.07, 6.45) is 4.66. The van der Waals surface area contributed by atoms with Crippen LogP contribution in [0.5, 0.6) is 0 Å². The van der Waals surface area contributed by atoms with Gasteiger partial charge in [0.1, 0.15) is 17.9 Å². The number of nitrogens with one attached hydrogen (secondary N) is 1. The number of ketones is 1. The average Bonchev–Trinajstić information content (AvgIpc) is 3.22. The van der Waals surface area contributed by atoms with Crippen molar-refractivity contribution < 1.29 is 24.5 Å². The van der Waals surface area contributed by atoms with Crippen LogP contribution < -0.4 is 0 Å². The van der Waals surface area contributed by atoms with Gasteiger partial charge in [0.05, 0.1) is 18.0 Å². The summed E-state index contributed by atoms with van der Waals surface area (Å²) in [7, 11) is 0. The lowest BCUT2D eigenvalue weighted by Crippen LogP contribution is -2.70. The standard InChI is InChI=1S/C23H31FN2O4/c1-12-6-16-15-5-4-14-7-17-13(10-25-26-17)8-20(14,2)22(15,24)18(28)9-21(16,3)23(12,30)19(29)11-27/h7,10,12,15-16,18,27-28,30H,4-6,8-9,11H2,1-3H3,(H,25,26). The molecule has 8 atom stereocenters. The quantitative estimate of drug-likeness (QED) is 0.589. The molecule has 3 saturated carbocycles. The largest absolute Gasteiger partial charge is 0.390 e. The number of aliphatic hydroxyl groups is 3. The van der Waals surface area contributed by atoms with Gasteiger partial charge in [0.2, 0.25) is 0 Å². The Hall–Kier alpha value is -1.57. The highest BCUT2D eigenvalue weighted by atomic mass is 19.1. The van der Waals surface area contributed by atoms with Crippen molar-refractivity contribution in [3.63, 3.8) is 0 Å². The molecule has 6 nitrogen and oxygen atoms in total. The minimum Gasteiger partial charge on any atom is -0.390 e. The van der Waals surface area contributed by atoms with Gasteiger partial charge in [0, 0.05) is 16.7 Å². The predicted octanol–water partition coefficient (Wildman–Crippen LogP) is 2.19. The number of halogens is 1. The highest BCUT2D eigenvalue weighted by Crippen LogP contribution is 2.71. The van der Waals surface area contributed by atoms with Crippen LogP contribution in [0.25, 0.3) is 6.08 Å². The van der Waals surface area contributed by atoms with E-state index in [1.807, 2.05) is 13.0 Å². The van der Waals surface area contributed by atoms with Crippen LogP contribution in [0.15, 0.2) is 11.8 Å². The summed E-state index contributed by atoms with van der Waals surface area (Å²) in [5.41, 5.74) is -2.59. The molecule has 8 unspecified atom stereocenters. The summed E-state index contributed by atoms with van der Waals surface area (Å²) < 4.78 is 17.3. The van der Waals surface area contributed by atoms with E-state index in [-0.39, 0.29) is 12.3 Å². The number of aliphatic hydroxyl groups excluding tert-OH is 2. The third-order valence-corrected chi connectivity index (χ3v) is 9.60. The summed E-state index contributed by atoms with van der Waals surface area (Å²) in [4.78, 5) is 12.7. The number of alkyl halides is 1. The second-order valence-electron chi connectivity index (χ2n) is 10.6. The molecule has 0 saturated heterocycles. The fraction of sp³-hybridized carbons (Fsp3) is 0.739. The molecule has 1 aromatic rings. The summed E-state index contributed by atoms with van der Waals surface area (Å²) >= 11 is 0. The molecular weight excluding hydrogens is 387 g/mol. The van der Waals surface area contributed by atoms with Gasteiger partial charge in [-0.3, -0.25) is 9.89 Å². The highest BCUT2D eigenvalue weighted by Gasteiger charge is 2.75. The Morgan fingerprint density at radius 3 is 2.80 bits per heavy atom. The number of rotatable bonds is 2. The molecule has 7 heteroatoms. The Morgan fingerprint density at radius 2 is 2.10 bits per heavy atom. The van der Waals surface area contributed by atoms with E-state index < -0.39 is 52.4 Å². The van der Waals surface area contributed by atoms with Gasteiger partial charge in [0.15, 0.2) is 5.78 Å². The molecule has 30 heavy (non-hydrogen) atoms. The van der Waals surface area contributed by atoms with Crippen LogP contribution in [0.4, 0.5) is 4.39 Å². The van der Waals surface area contributed by atoms with Crippen LogP contribution in [0, 0.1) is 28.6 Å². The first-order chi connectivity index (χ1) is 14.0. The van der Waals surface area contributed by atoms with Gasteiger partial charge in [-0.25, -0.2) is 4.39 Å².